The Morgan fingerprint density at radius 1 is 1.14 bits per heavy atom. The van der Waals surface area contributed by atoms with E-state index in [0.717, 1.165) is 24.1 Å². The summed E-state index contributed by atoms with van der Waals surface area (Å²) >= 11 is 0. The first-order valence-electron chi connectivity index (χ1n) is 9.87. The standard InChI is InChI=1S/C24H28N2O2/c1-23(2,3)17-7-5-16(6-8-17)22(27)26-15-24(11-12-24)20-14-25-21-10-9-18(28-4)13-19(20)21/h5-10,13-14,25H,11-12,15H2,1-4H3,(H,26,27). The average molecular weight is 377 g/mol. The quantitative estimate of drug-likeness (QED) is 0.663. The van der Waals surface area contributed by atoms with Crippen LogP contribution < -0.4 is 10.1 Å². The molecule has 0 radical (unpaired) electrons. The van der Waals surface area contributed by atoms with Crippen LogP contribution in [-0.4, -0.2) is 24.5 Å². The van der Waals surface area contributed by atoms with Gasteiger partial charge in [0.25, 0.3) is 5.91 Å². The van der Waals surface area contributed by atoms with Crippen LogP contribution >= 0.6 is 0 Å². The number of amides is 1. The van der Waals surface area contributed by atoms with Gasteiger partial charge in [-0.15, -0.1) is 0 Å². The number of ether oxygens (including phenoxy) is 1. The molecule has 2 aromatic carbocycles. The van der Waals surface area contributed by atoms with E-state index in [2.05, 4.69) is 43.3 Å². The number of aromatic nitrogens is 1. The van der Waals surface area contributed by atoms with Crippen LogP contribution in [0.4, 0.5) is 0 Å². The van der Waals surface area contributed by atoms with Crippen molar-refractivity contribution in [1.82, 2.24) is 10.3 Å². The lowest BCUT2D eigenvalue weighted by molar-refractivity contribution is 0.0949. The topological polar surface area (TPSA) is 54.1 Å². The molecule has 0 spiro atoms. The third-order valence-corrected chi connectivity index (χ3v) is 5.91. The number of hydrogen-bond acceptors (Lipinski definition) is 2. The molecule has 1 heterocycles. The summed E-state index contributed by atoms with van der Waals surface area (Å²) in [7, 11) is 1.69. The van der Waals surface area contributed by atoms with Gasteiger partial charge >= 0.3 is 0 Å². The lowest BCUT2D eigenvalue weighted by Gasteiger charge is -2.19. The number of benzene rings is 2. The number of hydrogen-bond donors (Lipinski definition) is 2. The third kappa shape index (κ3) is 3.39. The number of carbonyl (C=O) groups is 1. The molecule has 2 N–H and O–H groups in total. The highest BCUT2D eigenvalue weighted by atomic mass is 16.5. The molecule has 0 unspecified atom stereocenters. The molecule has 0 atom stereocenters. The highest BCUT2D eigenvalue weighted by molar-refractivity contribution is 5.94. The minimum atomic E-state index is -0.0100. The van der Waals surface area contributed by atoms with Crippen molar-refractivity contribution in [2.45, 2.75) is 44.4 Å². The second kappa shape index (κ2) is 6.69. The fourth-order valence-corrected chi connectivity index (χ4v) is 3.83. The smallest absolute Gasteiger partial charge is 0.251 e. The Morgan fingerprint density at radius 3 is 2.46 bits per heavy atom. The van der Waals surface area contributed by atoms with Gasteiger partial charge in [-0.3, -0.25) is 4.79 Å². The SMILES string of the molecule is COc1ccc2[nH]cc(C3(CNC(=O)c4ccc(C(C)(C)C)cc4)CC3)c2c1. The van der Waals surface area contributed by atoms with Crippen molar-refractivity contribution in [2.75, 3.05) is 13.7 Å². The van der Waals surface area contributed by atoms with Crippen LogP contribution in [0, 0.1) is 0 Å². The van der Waals surface area contributed by atoms with E-state index in [1.807, 2.05) is 36.4 Å². The maximum atomic E-state index is 12.7. The van der Waals surface area contributed by atoms with Gasteiger partial charge in [0.05, 0.1) is 7.11 Å². The number of methoxy groups -OCH3 is 1. The molecule has 146 valence electrons. The Labute approximate surface area is 166 Å². The van der Waals surface area contributed by atoms with Crippen molar-refractivity contribution in [3.63, 3.8) is 0 Å². The Bertz CT molecular complexity index is 1010. The molecular formula is C24H28N2O2. The summed E-state index contributed by atoms with van der Waals surface area (Å²) in [6, 6.07) is 14.0. The summed E-state index contributed by atoms with van der Waals surface area (Å²) in [5.41, 5.74) is 4.42. The normalized spacial score (nSPS) is 15.4. The van der Waals surface area contributed by atoms with E-state index in [1.54, 1.807) is 7.11 Å². The molecule has 1 aliphatic rings. The third-order valence-electron chi connectivity index (χ3n) is 5.91. The van der Waals surface area contributed by atoms with Crippen LogP contribution in [0.5, 0.6) is 5.75 Å². The van der Waals surface area contributed by atoms with E-state index in [0.29, 0.717) is 12.1 Å². The zero-order chi connectivity index (χ0) is 19.9. The lowest BCUT2D eigenvalue weighted by atomic mass is 9.86. The van der Waals surface area contributed by atoms with Gasteiger partial charge in [0, 0.05) is 34.6 Å². The lowest BCUT2D eigenvalue weighted by Crippen LogP contribution is -2.32. The molecule has 28 heavy (non-hydrogen) atoms. The molecule has 4 heteroatoms. The zero-order valence-corrected chi connectivity index (χ0v) is 17.1. The molecule has 1 fully saturated rings. The van der Waals surface area contributed by atoms with Gasteiger partial charge in [0.1, 0.15) is 5.75 Å². The van der Waals surface area contributed by atoms with Crippen molar-refractivity contribution >= 4 is 16.8 Å². The first kappa shape index (κ1) is 18.6. The van der Waals surface area contributed by atoms with Gasteiger partial charge in [-0.25, -0.2) is 0 Å². The molecule has 1 amide bonds. The summed E-state index contributed by atoms with van der Waals surface area (Å²) in [6.45, 7) is 7.18. The van der Waals surface area contributed by atoms with Crippen LogP contribution in [0.2, 0.25) is 0 Å². The Hall–Kier alpha value is -2.75. The van der Waals surface area contributed by atoms with Gasteiger partial charge in [-0.2, -0.15) is 0 Å². The van der Waals surface area contributed by atoms with E-state index < -0.39 is 0 Å². The predicted octanol–water partition coefficient (Wildman–Crippen LogP) is 4.94. The Balaban J connectivity index is 1.50. The maximum Gasteiger partial charge on any atom is 0.251 e. The van der Waals surface area contributed by atoms with Crippen molar-refractivity contribution in [3.05, 3.63) is 65.4 Å². The van der Waals surface area contributed by atoms with Gasteiger partial charge in [-0.1, -0.05) is 32.9 Å². The minimum Gasteiger partial charge on any atom is -0.497 e. The highest BCUT2D eigenvalue weighted by Crippen LogP contribution is 2.50. The highest BCUT2D eigenvalue weighted by Gasteiger charge is 2.46. The van der Waals surface area contributed by atoms with Gasteiger partial charge < -0.3 is 15.0 Å². The summed E-state index contributed by atoms with van der Waals surface area (Å²) in [5.74, 6) is 0.844. The summed E-state index contributed by atoms with van der Waals surface area (Å²) < 4.78 is 5.39. The van der Waals surface area contributed by atoms with Crippen LogP contribution in [-0.2, 0) is 10.8 Å². The number of carbonyl (C=O) groups excluding carboxylic acids is 1. The van der Waals surface area contributed by atoms with E-state index in [4.69, 9.17) is 4.74 Å². The van der Waals surface area contributed by atoms with Gasteiger partial charge in [0.15, 0.2) is 0 Å². The van der Waals surface area contributed by atoms with E-state index in [9.17, 15) is 4.79 Å². The monoisotopic (exact) mass is 376 g/mol. The van der Waals surface area contributed by atoms with Crippen molar-refractivity contribution in [1.29, 1.82) is 0 Å². The molecule has 1 aliphatic carbocycles. The van der Waals surface area contributed by atoms with Crippen LogP contribution in [0.1, 0.15) is 55.1 Å². The summed E-state index contributed by atoms with van der Waals surface area (Å²) in [6.07, 6.45) is 4.25. The van der Waals surface area contributed by atoms with Crippen molar-refractivity contribution < 1.29 is 9.53 Å². The molecule has 3 aromatic rings. The second-order valence-corrected chi connectivity index (χ2v) is 8.90. The van der Waals surface area contributed by atoms with Gasteiger partial charge in [0.2, 0.25) is 0 Å². The summed E-state index contributed by atoms with van der Waals surface area (Å²) in [4.78, 5) is 16.0. The van der Waals surface area contributed by atoms with E-state index in [1.165, 1.54) is 16.5 Å². The van der Waals surface area contributed by atoms with Crippen LogP contribution in [0.25, 0.3) is 10.9 Å². The Kier molecular flexibility index (Phi) is 4.45. The molecule has 0 saturated heterocycles. The van der Waals surface area contributed by atoms with Gasteiger partial charge in [-0.05, 0) is 59.7 Å². The molecule has 1 aromatic heterocycles. The predicted molar refractivity (Wildman–Crippen MR) is 113 cm³/mol. The number of H-pyrrole nitrogens is 1. The first-order valence-corrected chi connectivity index (χ1v) is 9.87. The largest absolute Gasteiger partial charge is 0.497 e. The van der Waals surface area contributed by atoms with Crippen molar-refractivity contribution in [3.8, 4) is 5.75 Å². The fraction of sp³-hybridized carbons (Fsp3) is 0.375. The Morgan fingerprint density at radius 2 is 1.86 bits per heavy atom. The van der Waals surface area contributed by atoms with E-state index >= 15 is 0 Å². The molecule has 4 nitrogen and oxygen atoms in total. The maximum absolute atomic E-state index is 12.7. The second-order valence-electron chi connectivity index (χ2n) is 8.90. The number of rotatable bonds is 5. The average Bonchev–Trinajstić information content (AvgIpc) is 3.35. The molecule has 0 aliphatic heterocycles. The zero-order valence-electron chi connectivity index (χ0n) is 17.1. The molecule has 0 bridgehead atoms. The van der Waals surface area contributed by atoms with Crippen molar-refractivity contribution in [2.24, 2.45) is 0 Å². The number of fused-ring (bicyclic) bond motifs is 1. The van der Waals surface area contributed by atoms with E-state index in [-0.39, 0.29) is 16.7 Å². The molecular weight excluding hydrogens is 348 g/mol. The number of aromatic amines is 1. The van der Waals surface area contributed by atoms with Crippen LogP contribution in [0.3, 0.4) is 0 Å². The minimum absolute atomic E-state index is 0.0100. The number of nitrogens with one attached hydrogen (secondary N) is 2. The van der Waals surface area contributed by atoms with Crippen LogP contribution in [0.15, 0.2) is 48.7 Å². The summed E-state index contributed by atoms with van der Waals surface area (Å²) in [5, 5.41) is 4.34. The molecule has 4 rings (SSSR count). The first-order chi connectivity index (χ1) is 13.3. The molecule has 1 saturated carbocycles. The fourth-order valence-electron chi connectivity index (χ4n) is 3.83.